The molecule has 1 aromatic heterocycles. The Balaban J connectivity index is 1.95. The van der Waals surface area contributed by atoms with Crippen LogP contribution in [-0.2, 0) is 9.53 Å². The van der Waals surface area contributed by atoms with Gasteiger partial charge in [-0.25, -0.2) is 0 Å². The van der Waals surface area contributed by atoms with Crippen molar-refractivity contribution in [2.45, 2.75) is 19.3 Å². The summed E-state index contributed by atoms with van der Waals surface area (Å²) in [5, 5.41) is 1.18. The van der Waals surface area contributed by atoms with Gasteiger partial charge in [0.2, 0.25) is 0 Å². The van der Waals surface area contributed by atoms with E-state index in [-0.39, 0.29) is 5.97 Å². The molecular formula is C20H25N3O2. The number of hydrogen-bond acceptors (Lipinski definition) is 5. The average molecular weight is 339 g/mol. The highest BCUT2D eigenvalue weighted by molar-refractivity contribution is 5.98. The van der Waals surface area contributed by atoms with Crippen molar-refractivity contribution in [1.82, 2.24) is 9.88 Å². The first-order chi connectivity index (χ1) is 12.1. The first kappa shape index (κ1) is 17.5. The van der Waals surface area contributed by atoms with Crippen molar-refractivity contribution in [3.05, 3.63) is 41.6 Å². The maximum atomic E-state index is 11.7. The SMILES string of the molecule is C/N=C\c1ccc(C2CC(C)CN(CC(=O)OC)C2)c2cccnc12. The number of carbonyl (C=O) groups excluding carboxylic acids is 1. The summed E-state index contributed by atoms with van der Waals surface area (Å²) in [5.74, 6) is 0.744. The normalized spacial score (nSPS) is 21.7. The zero-order valence-electron chi connectivity index (χ0n) is 15.1. The quantitative estimate of drug-likeness (QED) is 0.635. The van der Waals surface area contributed by atoms with Crippen LogP contribution in [-0.4, -0.2) is 55.9 Å². The molecular weight excluding hydrogens is 314 g/mol. The van der Waals surface area contributed by atoms with E-state index in [2.05, 4.69) is 40.0 Å². The Morgan fingerprint density at radius 3 is 3.00 bits per heavy atom. The highest BCUT2D eigenvalue weighted by atomic mass is 16.5. The van der Waals surface area contributed by atoms with Gasteiger partial charge in [-0.2, -0.15) is 0 Å². The molecule has 0 saturated carbocycles. The molecule has 5 heteroatoms. The molecule has 0 aliphatic carbocycles. The van der Waals surface area contributed by atoms with Crippen LogP contribution in [0.3, 0.4) is 0 Å². The van der Waals surface area contributed by atoms with Gasteiger partial charge in [0.1, 0.15) is 0 Å². The third kappa shape index (κ3) is 3.87. The average Bonchev–Trinajstić information content (AvgIpc) is 2.61. The van der Waals surface area contributed by atoms with Gasteiger partial charge in [0.25, 0.3) is 0 Å². The second-order valence-corrected chi connectivity index (χ2v) is 6.84. The first-order valence-electron chi connectivity index (χ1n) is 8.71. The van der Waals surface area contributed by atoms with Gasteiger partial charge in [0.15, 0.2) is 0 Å². The lowest BCUT2D eigenvalue weighted by molar-refractivity contribution is -0.142. The summed E-state index contributed by atoms with van der Waals surface area (Å²) >= 11 is 0. The number of likely N-dealkylation sites (tertiary alicyclic amines) is 1. The van der Waals surface area contributed by atoms with Gasteiger partial charge in [-0.05, 0) is 29.9 Å². The number of hydrogen-bond donors (Lipinski definition) is 0. The van der Waals surface area contributed by atoms with Crippen molar-refractivity contribution in [3.63, 3.8) is 0 Å². The molecule has 1 aliphatic heterocycles. The number of ether oxygens (including phenoxy) is 1. The lowest BCUT2D eigenvalue weighted by atomic mass is 9.83. The van der Waals surface area contributed by atoms with Crippen LogP contribution >= 0.6 is 0 Å². The maximum absolute atomic E-state index is 11.7. The van der Waals surface area contributed by atoms with Crippen molar-refractivity contribution in [2.75, 3.05) is 33.8 Å². The second kappa shape index (κ2) is 7.74. The molecule has 0 bridgehead atoms. The van der Waals surface area contributed by atoms with E-state index in [1.807, 2.05) is 18.5 Å². The van der Waals surface area contributed by atoms with Crippen molar-refractivity contribution in [3.8, 4) is 0 Å². The van der Waals surface area contributed by atoms with Crippen LogP contribution in [0.4, 0.5) is 0 Å². The van der Waals surface area contributed by atoms with Gasteiger partial charge in [-0.3, -0.25) is 19.7 Å². The molecule has 0 spiro atoms. The summed E-state index contributed by atoms with van der Waals surface area (Å²) in [6.07, 6.45) is 4.79. The van der Waals surface area contributed by atoms with Crippen molar-refractivity contribution < 1.29 is 9.53 Å². The number of methoxy groups -OCH3 is 1. The Morgan fingerprint density at radius 1 is 1.40 bits per heavy atom. The smallest absolute Gasteiger partial charge is 0.319 e. The van der Waals surface area contributed by atoms with Crippen LogP contribution in [0.5, 0.6) is 0 Å². The summed E-state index contributed by atoms with van der Waals surface area (Å²) < 4.78 is 4.84. The highest BCUT2D eigenvalue weighted by Gasteiger charge is 2.28. The molecule has 2 aromatic rings. The maximum Gasteiger partial charge on any atom is 0.319 e. The van der Waals surface area contributed by atoms with Gasteiger partial charge in [0, 0.05) is 43.5 Å². The number of pyridine rings is 1. The number of nitrogens with zero attached hydrogens (tertiary/aromatic N) is 3. The Morgan fingerprint density at radius 2 is 2.24 bits per heavy atom. The zero-order chi connectivity index (χ0) is 17.8. The molecule has 2 unspecified atom stereocenters. The van der Waals surface area contributed by atoms with Gasteiger partial charge >= 0.3 is 5.97 Å². The van der Waals surface area contributed by atoms with E-state index in [0.29, 0.717) is 18.4 Å². The molecule has 0 radical (unpaired) electrons. The molecule has 2 heterocycles. The molecule has 1 aromatic carbocycles. The molecule has 5 nitrogen and oxygen atoms in total. The first-order valence-corrected chi connectivity index (χ1v) is 8.71. The van der Waals surface area contributed by atoms with E-state index >= 15 is 0 Å². The molecule has 1 aliphatic rings. The monoisotopic (exact) mass is 339 g/mol. The van der Waals surface area contributed by atoms with Crippen molar-refractivity contribution in [2.24, 2.45) is 10.9 Å². The number of aliphatic imine (C=N–C) groups is 1. The number of aromatic nitrogens is 1. The second-order valence-electron chi connectivity index (χ2n) is 6.84. The van der Waals surface area contributed by atoms with Crippen molar-refractivity contribution in [1.29, 1.82) is 0 Å². The number of benzene rings is 1. The van der Waals surface area contributed by atoms with Gasteiger partial charge in [-0.15, -0.1) is 0 Å². The van der Waals surface area contributed by atoms with Gasteiger partial charge in [-0.1, -0.05) is 25.1 Å². The Bertz CT molecular complexity index is 788. The Labute approximate surface area is 148 Å². The van der Waals surface area contributed by atoms with E-state index < -0.39 is 0 Å². The zero-order valence-corrected chi connectivity index (χ0v) is 15.1. The van der Waals surface area contributed by atoms with Gasteiger partial charge < -0.3 is 4.74 Å². The molecule has 25 heavy (non-hydrogen) atoms. The molecule has 0 amide bonds. The number of fused-ring (bicyclic) bond motifs is 1. The van der Waals surface area contributed by atoms with E-state index in [1.165, 1.54) is 18.1 Å². The van der Waals surface area contributed by atoms with E-state index in [0.717, 1.165) is 30.6 Å². The Kier molecular flexibility index (Phi) is 5.43. The Hall–Kier alpha value is -2.27. The predicted octanol–water partition coefficient (Wildman–Crippen LogP) is 2.88. The van der Waals surface area contributed by atoms with Crippen LogP contribution in [0.15, 0.2) is 35.5 Å². The summed E-state index contributed by atoms with van der Waals surface area (Å²) in [6.45, 7) is 4.40. The van der Waals surface area contributed by atoms with Gasteiger partial charge in [0.05, 0.1) is 19.2 Å². The predicted molar refractivity (Wildman–Crippen MR) is 100 cm³/mol. The largest absolute Gasteiger partial charge is 0.468 e. The molecule has 2 atom stereocenters. The number of esters is 1. The fourth-order valence-electron chi connectivity index (χ4n) is 3.88. The highest BCUT2D eigenvalue weighted by Crippen LogP contribution is 2.34. The van der Waals surface area contributed by atoms with Crippen molar-refractivity contribution >= 4 is 23.1 Å². The summed E-state index contributed by atoms with van der Waals surface area (Å²) in [4.78, 5) is 22.6. The minimum Gasteiger partial charge on any atom is -0.468 e. The van der Waals surface area contributed by atoms with Crippen LogP contribution in [0, 0.1) is 5.92 Å². The van der Waals surface area contributed by atoms with Crippen LogP contribution in [0.2, 0.25) is 0 Å². The fourth-order valence-corrected chi connectivity index (χ4v) is 3.88. The summed E-state index contributed by atoms with van der Waals surface area (Å²) in [7, 11) is 3.22. The minimum atomic E-state index is -0.172. The molecule has 3 rings (SSSR count). The molecule has 0 N–H and O–H groups in total. The van der Waals surface area contributed by atoms with Crippen LogP contribution < -0.4 is 0 Å². The fraction of sp³-hybridized carbons (Fsp3) is 0.450. The number of piperidine rings is 1. The molecule has 1 saturated heterocycles. The minimum absolute atomic E-state index is 0.172. The summed E-state index contributed by atoms with van der Waals surface area (Å²) in [6, 6.07) is 8.41. The van der Waals surface area contributed by atoms with E-state index in [9.17, 15) is 4.79 Å². The van der Waals surface area contributed by atoms with Crippen LogP contribution in [0.25, 0.3) is 10.9 Å². The molecule has 132 valence electrons. The topological polar surface area (TPSA) is 54.8 Å². The standard InChI is InChI=1S/C20H25N3O2/c1-14-9-16(12-23(11-14)13-19(24)25-3)17-7-6-15(10-21-2)20-18(17)5-4-8-22-20/h4-8,10,14,16H,9,11-13H2,1-3H3/b21-10-. The van der Waals surface area contributed by atoms with E-state index in [1.54, 1.807) is 7.05 Å². The lowest BCUT2D eigenvalue weighted by Gasteiger charge is -2.36. The third-order valence-electron chi connectivity index (χ3n) is 4.86. The molecule has 1 fully saturated rings. The summed E-state index contributed by atoms with van der Waals surface area (Å²) in [5.41, 5.74) is 3.33. The number of rotatable bonds is 4. The third-order valence-corrected chi connectivity index (χ3v) is 4.86. The lowest BCUT2D eigenvalue weighted by Crippen LogP contribution is -2.41. The number of carbonyl (C=O) groups is 1. The van der Waals surface area contributed by atoms with Crippen LogP contribution in [0.1, 0.15) is 30.4 Å². The van der Waals surface area contributed by atoms with E-state index in [4.69, 9.17) is 4.74 Å².